The highest BCUT2D eigenvalue weighted by atomic mass is 31.2. The Labute approximate surface area is 283 Å². The standard InChI is InChI=1S/C32H58FN4O7PSi2/c1-14-15-39-45(37(19(2)3)20(4)5)42-29-28-26(41-32(29)36-16-25(33)27-30(36)34-18-35-31(27)38)17-40-46(21(6)7,22(8)9)44-47(43-28,23(10)11)24(12)13/h16,18-24,26,28-29,32H,14-15,17H2,1-13H3,(H,34,35,38)/t26-,28-,29-,32-,45?/m1/s1. The number of aromatic nitrogens is 3. The summed E-state index contributed by atoms with van der Waals surface area (Å²) in [4.78, 5) is 19.6. The second kappa shape index (κ2) is 15.4. The van der Waals surface area contributed by atoms with Gasteiger partial charge in [-0.15, -0.1) is 0 Å². The lowest BCUT2D eigenvalue weighted by Gasteiger charge is -2.51. The van der Waals surface area contributed by atoms with Crippen molar-refractivity contribution in [2.75, 3.05) is 13.2 Å². The molecule has 15 heteroatoms. The molecule has 0 radical (unpaired) electrons. The Morgan fingerprint density at radius 2 is 1.62 bits per heavy atom. The van der Waals surface area contributed by atoms with Crippen LogP contribution in [0, 0.1) is 5.82 Å². The number of nitrogens with zero attached hydrogens (tertiary/aromatic N) is 3. The number of nitrogens with one attached hydrogen (secondary N) is 1. The minimum absolute atomic E-state index is 0.0830. The summed E-state index contributed by atoms with van der Waals surface area (Å²) in [5, 5.41) is -0.130. The van der Waals surface area contributed by atoms with E-state index in [1.54, 1.807) is 4.57 Å². The first-order valence-corrected chi connectivity index (χ1v) is 22.4. The van der Waals surface area contributed by atoms with Crippen LogP contribution >= 0.6 is 8.53 Å². The molecule has 4 heterocycles. The van der Waals surface area contributed by atoms with Gasteiger partial charge in [0.05, 0.1) is 19.5 Å². The van der Waals surface area contributed by atoms with Gasteiger partial charge in [0.15, 0.2) is 17.7 Å². The first-order valence-electron chi connectivity index (χ1n) is 17.3. The fraction of sp³-hybridized carbons (Fsp3) is 0.812. The maximum atomic E-state index is 15.5. The SMILES string of the molecule is CCCOP(O[C@@H]1[C@@H]2O[Si](C(C)C)(C(C)C)O[Si](C(C)C)(C(C)C)OC[C@H]2O[C@H]1n1cc(F)c2c(=O)[nH]cnc21)N(C(C)C)C(C)C. The summed E-state index contributed by atoms with van der Waals surface area (Å²) in [6, 6.07) is 0.237. The first-order chi connectivity index (χ1) is 22.0. The number of H-pyrrole nitrogens is 1. The van der Waals surface area contributed by atoms with Crippen LogP contribution in [0.3, 0.4) is 0 Å². The predicted octanol–water partition coefficient (Wildman–Crippen LogP) is 7.88. The molecular weight excluding hydrogens is 659 g/mol. The zero-order valence-electron chi connectivity index (χ0n) is 30.6. The molecule has 47 heavy (non-hydrogen) atoms. The topological polar surface area (TPSA) is 109 Å². The molecule has 0 amide bonds. The average Bonchev–Trinajstić information content (AvgIpc) is 3.47. The van der Waals surface area contributed by atoms with E-state index in [4.69, 9.17) is 26.8 Å². The van der Waals surface area contributed by atoms with Crippen molar-refractivity contribution < 1.29 is 31.1 Å². The van der Waals surface area contributed by atoms with E-state index in [0.29, 0.717) is 6.61 Å². The third kappa shape index (κ3) is 7.38. The van der Waals surface area contributed by atoms with Crippen LogP contribution in [0.15, 0.2) is 17.3 Å². The van der Waals surface area contributed by atoms with Gasteiger partial charge in [0.25, 0.3) is 14.1 Å². The second-order valence-electron chi connectivity index (χ2n) is 14.6. The molecule has 1 N–H and O–H groups in total. The van der Waals surface area contributed by atoms with E-state index in [9.17, 15) is 4.79 Å². The van der Waals surface area contributed by atoms with Crippen molar-refractivity contribution in [3.05, 3.63) is 28.7 Å². The minimum Gasteiger partial charge on any atom is -0.414 e. The summed E-state index contributed by atoms with van der Waals surface area (Å²) in [6.45, 7) is 28.7. The van der Waals surface area contributed by atoms with Crippen molar-refractivity contribution in [1.82, 2.24) is 19.2 Å². The van der Waals surface area contributed by atoms with E-state index in [1.165, 1.54) is 12.5 Å². The Kier molecular flexibility index (Phi) is 12.7. The van der Waals surface area contributed by atoms with Crippen LogP contribution in [0.2, 0.25) is 22.2 Å². The van der Waals surface area contributed by atoms with Gasteiger partial charge in [-0.3, -0.25) is 4.79 Å². The molecule has 1 unspecified atom stereocenters. The van der Waals surface area contributed by atoms with Crippen LogP contribution in [-0.2, 0) is 26.8 Å². The molecular formula is C32H58FN4O7PSi2. The van der Waals surface area contributed by atoms with Crippen LogP contribution < -0.4 is 5.56 Å². The molecule has 2 saturated heterocycles. The molecule has 0 aromatic carbocycles. The molecule has 2 aromatic rings. The first kappa shape index (κ1) is 38.7. The largest absolute Gasteiger partial charge is 0.414 e. The second-order valence-corrected chi connectivity index (χ2v) is 24.9. The Morgan fingerprint density at radius 3 is 2.15 bits per heavy atom. The highest BCUT2D eigenvalue weighted by Gasteiger charge is 2.62. The summed E-state index contributed by atoms with van der Waals surface area (Å²) >= 11 is 0. The summed E-state index contributed by atoms with van der Waals surface area (Å²) < 4.78 is 61.6. The van der Waals surface area contributed by atoms with Crippen LogP contribution in [0.1, 0.15) is 103 Å². The van der Waals surface area contributed by atoms with Gasteiger partial charge in [-0.1, -0.05) is 62.3 Å². The summed E-state index contributed by atoms with van der Waals surface area (Å²) in [5.74, 6) is -0.684. The van der Waals surface area contributed by atoms with Crippen molar-refractivity contribution in [3.63, 3.8) is 0 Å². The molecule has 0 aliphatic carbocycles. The Bertz CT molecular complexity index is 1370. The van der Waals surface area contributed by atoms with Gasteiger partial charge in [0.1, 0.15) is 23.7 Å². The lowest BCUT2D eigenvalue weighted by molar-refractivity contribution is -0.0564. The molecule has 11 nitrogen and oxygen atoms in total. The lowest BCUT2D eigenvalue weighted by atomic mass is 10.1. The van der Waals surface area contributed by atoms with Crippen LogP contribution in [-0.4, -0.2) is 79.9 Å². The number of hydrogen-bond donors (Lipinski definition) is 1. The van der Waals surface area contributed by atoms with Gasteiger partial charge in [0, 0.05) is 18.3 Å². The number of fused-ring (bicyclic) bond motifs is 2. The molecule has 268 valence electrons. The van der Waals surface area contributed by atoms with Crippen LogP contribution in [0.4, 0.5) is 4.39 Å². The highest BCUT2D eigenvalue weighted by molar-refractivity contribution is 7.44. The van der Waals surface area contributed by atoms with E-state index in [1.807, 2.05) is 0 Å². The van der Waals surface area contributed by atoms with E-state index < -0.39 is 61.6 Å². The van der Waals surface area contributed by atoms with Gasteiger partial charge in [0.2, 0.25) is 0 Å². The molecule has 2 fully saturated rings. The summed E-state index contributed by atoms with van der Waals surface area (Å²) in [7, 11) is -7.52. The number of hydrogen-bond acceptors (Lipinski definition) is 9. The monoisotopic (exact) mass is 716 g/mol. The number of aromatic amines is 1. The molecule has 4 rings (SSSR count). The van der Waals surface area contributed by atoms with Crippen molar-refractivity contribution in [3.8, 4) is 0 Å². The van der Waals surface area contributed by atoms with Crippen molar-refractivity contribution in [2.45, 2.75) is 155 Å². The molecule has 2 aromatic heterocycles. The number of halogens is 1. The quantitative estimate of drug-likeness (QED) is 0.164. The average molecular weight is 717 g/mol. The van der Waals surface area contributed by atoms with E-state index in [0.717, 1.165) is 6.42 Å². The van der Waals surface area contributed by atoms with E-state index in [-0.39, 0.29) is 51.9 Å². The fourth-order valence-corrected chi connectivity index (χ4v) is 20.1. The molecule has 2 aliphatic rings. The van der Waals surface area contributed by atoms with Gasteiger partial charge in [-0.25, -0.2) is 14.0 Å². The fourth-order valence-electron chi connectivity index (χ4n) is 7.10. The highest BCUT2D eigenvalue weighted by Crippen LogP contribution is 2.54. The van der Waals surface area contributed by atoms with Gasteiger partial charge in [-0.2, -0.15) is 0 Å². The van der Waals surface area contributed by atoms with Crippen LogP contribution in [0.5, 0.6) is 0 Å². The smallest absolute Gasteiger partial charge is 0.335 e. The molecule has 2 aliphatic heterocycles. The molecule has 0 saturated carbocycles. The number of ether oxygens (including phenoxy) is 1. The Hall–Kier alpha value is -1.07. The Morgan fingerprint density at radius 1 is 1.02 bits per heavy atom. The van der Waals surface area contributed by atoms with Crippen molar-refractivity contribution in [1.29, 1.82) is 0 Å². The predicted molar refractivity (Wildman–Crippen MR) is 188 cm³/mol. The summed E-state index contributed by atoms with van der Waals surface area (Å²) in [6.07, 6.45) is 0.543. The zero-order valence-corrected chi connectivity index (χ0v) is 33.5. The van der Waals surface area contributed by atoms with E-state index >= 15 is 4.39 Å². The third-order valence-corrected chi connectivity index (χ3v) is 21.7. The maximum absolute atomic E-state index is 15.5. The third-order valence-electron chi connectivity index (χ3n) is 9.32. The summed E-state index contributed by atoms with van der Waals surface area (Å²) in [5.41, 5.74) is 0.102. The maximum Gasteiger partial charge on any atom is 0.335 e. The van der Waals surface area contributed by atoms with Crippen molar-refractivity contribution >= 4 is 36.7 Å². The van der Waals surface area contributed by atoms with Gasteiger partial charge < -0.3 is 36.3 Å². The van der Waals surface area contributed by atoms with Crippen LogP contribution in [0.25, 0.3) is 11.0 Å². The minimum atomic E-state index is -3.07. The Balaban J connectivity index is 1.93. The molecule has 5 atom stereocenters. The lowest BCUT2D eigenvalue weighted by Crippen LogP contribution is -2.65. The van der Waals surface area contributed by atoms with Gasteiger partial charge >= 0.3 is 17.1 Å². The van der Waals surface area contributed by atoms with E-state index in [2.05, 4.69) is 105 Å². The normalized spacial score (nSPS) is 25.6. The molecule has 0 spiro atoms. The molecule has 0 bridgehead atoms. The van der Waals surface area contributed by atoms with Crippen molar-refractivity contribution in [2.24, 2.45) is 0 Å². The zero-order chi connectivity index (χ0) is 35.0. The number of rotatable bonds is 13. The van der Waals surface area contributed by atoms with Gasteiger partial charge in [-0.05, 0) is 56.3 Å².